The summed E-state index contributed by atoms with van der Waals surface area (Å²) < 4.78 is 6.99. The number of ether oxygens (including phenoxy) is 1. The summed E-state index contributed by atoms with van der Waals surface area (Å²) in [6.07, 6.45) is 4.95. The number of likely N-dealkylation sites (N-methyl/N-ethyl adjacent to an activating group) is 1. The van der Waals surface area contributed by atoms with Crippen LogP contribution in [-0.4, -0.2) is 37.2 Å². The standard InChI is InChI=1S/C17H27BrN2O/c1-3-16(19)17(13-7-6-8-14(18)11-13)20(2)12-15-9-4-5-10-21-15/h6-8,11,15-17H,3-5,9-10,12,19H2,1-2H3. The number of hydrogen-bond acceptors (Lipinski definition) is 3. The van der Waals surface area contributed by atoms with Crippen molar-refractivity contribution >= 4 is 15.9 Å². The summed E-state index contributed by atoms with van der Waals surface area (Å²) in [5.74, 6) is 0. The zero-order chi connectivity index (χ0) is 15.2. The fourth-order valence-electron chi connectivity index (χ4n) is 3.13. The Kier molecular flexibility index (Phi) is 6.68. The molecule has 118 valence electrons. The molecule has 0 aromatic heterocycles. The number of nitrogens with two attached hydrogens (primary N) is 1. The zero-order valence-electron chi connectivity index (χ0n) is 13.1. The highest BCUT2D eigenvalue weighted by Gasteiger charge is 2.26. The highest BCUT2D eigenvalue weighted by Crippen LogP contribution is 2.27. The normalized spacial score (nSPS) is 22.2. The topological polar surface area (TPSA) is 38.5 Å². The molecule has 1 aliphatic heterocycles. The summed E-state index contributed by atoms with van der Waals surface area (Å²) in [6.45, 7) is 4.01. The van der Waals surface area contributed by atoms with E-state index >= 15 is 0 Å². The largest absolute Gasteiger partial charge is 0.377 e. The average Bonchev–Trinajstić information content (AvgIpc) is 2.48. The number of benzene rings is 1. The van der Waals surface area contributed by atoms with Gasteiger partial charge >= 0.3 is 0 Å². The van der Waals surface area contributed by atoms with Crippen molar-refractivity contribution in [3.63, 3.8) is 0 Å². The van der Waals surface area contributed by atoms with E-state index in [9.17, 15) is 0 Å². The Bertz CT molecular complexity index is 435. The molecule has 4 heteroatoms. The first-order chi connectivity index (χ1) is 10.1. The molecule has 3 atom stereocenters. The van der Waals surface area contributed by atoms with Crippen LogP contribution in [0.3, 0.4) is 0 Å². The molecule has 0 bridgehead atoms. The average molecular weight is 355 g/mol. The molecule has 1 aromatic carbocycles. The van der Waals surface area contributed by atoms with Crippen LogP contribution in [0.25, 0.3) is 0 Å². The summed E-state index contributed by atoms with van der Waals surface area (Å²) in [5.41, 5.74) is 7.68. The molecule has 0 radical (unpaired) electrons. The van der Waals surface area contributed by atoms with Crippen molar-refractivity contribution in [1.29, 1.82) is 0 Å². The molecule has 2 rings (SSSR count). The summed E-state index contributed by atoms with van der Waals surface area (Å²) in [6, 6.07) is 8.86. The zero-order valence-corrected chi connectivity index (χ0v) is 14.7. The fourth-order valence-corrected chi connectivity index (χ4v) is 3.55. The van der Waals surface area contributed by atoms with Gasteiger partial charge in [0.25, 0.3) is 0 Å². The number of hydrogen-bond donors (Lipinski definition) is 1. The maximum atomic E-state index is 6.41. The Morgan fingerprint density at radius 3 is 2.86 bits per heavy atom. The van der Waals surface area contributed by atoms with E-state index in [1.807, 2.05) is 0 Å². The van der Waals surface area contributed by atoms with Crippen molar-refractivity contribution in [2.45, 2.75) is 50.8 Å². The van der Waals surface area contributed by atoms with Gasteiger partial charge in [0.1, 0.15) is 0 Å². The smallest absolute Gasteiger partial charge is 0.0702 e. The lowest BCUT2D eigenvalue weighted by molar-refractivity contribution is -0.0104. The molecule has 2 N–H and O–H groups in total. The lowest BCUT2D eigenvalue weighted by atomic mass is 9.96. The second-order valence-electron chi connectivity index (χ2n) is 6.00. The molecule has 1 aromatic rings. The van der Waals surface area contributed by atoms with Crippen molar-refractivity contribution in [1.82, 2.24) is 4.90 Å². The van der Waals surface area contributed by atoms with Crippen LogP contribution in [-0.2, 0) is 4.74 Å². The van der Waals surface area contributed by atoms with E-state index in [1.165, 1.54) is 18.4 Å². The minimum Gasteiger partial charge on any atom is -0.377 e. The molecule has 3 nitrogen and oxygen atoms in total. The third kappa shape index (κ3) is 4.78. The van der Waals surface area contributed by atoms with Crippen molar-refractivity contribution in [2.75, 3.05) is 20.2 Å². The number of rotatable bonds is 6. The number of halogens is 1. The predicted molar refractivity (Wildman–Crippen MR) is 91.4 cm³/mol. The summed E-state index contributed by atoms with van der Waals surface area (Å²) >= 11 is 3.57. The molecule has 3 unspecified atom stereocenters. The first-order valence-corrected chi connectivity index (χ1v) is 8.74. The maximum Gasteiger partial charge on any atom is 0.0702 e. The van der Waals surface area contributed by atoms with Gasteiger partial charge in [-0.3, -0.25) is 4.90 Å². The Labute approximate surface area is 137 Å². The van der Waals surface area contributed by atoms with E-state index < -0.39 is 0 Å². The van der Waals surface area contributed by atoms with Crippen LogP contribution >= 0.6 is 15.9 Å². The number of nitrogens with zero attached hydrogens (tertiary/aromatic N) is 1. The van der Waals surface area contributed by atoms with Gasteiger partial charge in [0.05, 0.1) is 6.10 Å². The predicted octanol–water partition coefficient (Wildman–Crippen LogP) is 3.73. The van der Waals surface area contributed by atoms with Crippen LogP contribution < -0.4 is 5.73 Å². The van der Waals surface area contributed by atoms with Gasteiger partial charge in [0.15, 0.2) is 0 Å². The highest BCUT2D eigenvalue weighted by molar-refractivity contribution is 9.10. The molecule has 1 fully saturated rings. The lowest BCUT2D eigenvalue weighted by Crippen LogP contribution is -2.43. The van der Waals surface area contributed by atoms with Crippen molar-refractivity contribution < 1.29 is 4.74 Å². The third-order valence-corrected chi connectivity index (χ3v) is 4.80. The fraction of sp³-hybridized carbons (Fsp3) is 0.647. The molecule has 1 saturated heterocycles. The van der Waals surface area contributed by atoms with Gasteiger partial charge in [-0.25, -0.2) is 0 Å². The summed E-state index contributed by atoms with van der Waals surface area (Å²) in [5, 5.41) is 0. The minimum absolute atomic E-state index is 0.132. The summed E-state index contributed by atoms with van der Waals surface area (Å²) in [7, 11) is 2.17. The molecule has 21 heavy (non-hydrogen) atoms. The van der Waals surface area contributed by atoms with Gasteiger partial charge in [-0.1, -0.05) is 35.0 Å². The first kappa shape index (κ1) is 16.9. The van der Waals surface area contributed by atoms with Crippen LogP contribution in [0.5, 0.6) is 0 Å². The van der Waals surface area contributed by atoms with E-state index in [0.717, 1.165) is 30.5 Å². The van der Waals surface area contributed by atoms with Gasteiger partial charge in [0.2, 0.25) is 0 Å². The van der Waals surface area contributed by atoms with Crippen LogP contribution in [0.2, 0.25) is 0 Å². The van der Waals surface area contributed by atoms with Gasteiger partial charge in [0, 0.05) is 29.7 Å². The maximum absolute atomic E-state index is 6.41. The van der Waals surface area contributed by atoms with E-state index in [-0.39, 0.29) is 12.1 Å². The Balaban J connectivity index is 2.11. The highest BCUT2D eigenvalue weighted by atomic mass is 79.9. The quantitative estimate of drug-likeness (QED) is 0.845. The van der Waals surface area contributed by atoms with Crippen LogP contribution in [0.15, 0.2) is 28.7 Å². The van der Waals surface area contributed by atoms with Gasteiger partial charge in [-0.2, -0.15) is 0 Å². The van der Waals surface area contributed by atoms with Gasteiger partial charge < -0.3 is 10.5 Å². The molecule has 1 aliphatic rings. The van der Waals surface area contributed by atoms with Gasteiger partial charge in [-0.15, -0.1) is 0 Å². The van der Waals surface area contributed by atoms with Gasteiger partial charge in [-0.05, 0) is 50.4 Å². The molecule has 0 saturated carbocycles. The first-order valence-electron chi connectivity index (χ1n) is 7.94. The SMILES string of the molecule is CCC(N)C(c1cccc(Br)c1)N(C)CC1CCCCO1. The lowest BCUT2D eigenvalue weighted by Gasteiger charge is -2.36. The molecular weight excluding hydrogens is 328 g/mol. The molecule has 1 heterocycles. The van der Waals surface area contributed by atoms with Crippen LogP contribution in [0.1, 0.15) is 44.2 Å². The minimum atomic E-state index is 0.132. The second kappa shape index (κ2) is 8.28. The van der Waals surface area contributed by atoms with E-state index in [0.29, 0.717) is 6.10 Å². The van der Waals surface area contributed by atoms with Crippen molar-refractivity contribution in [3.8, 4) is 0 Å². The Hall–Kier alpha value is -0.420. The Morgan fingerprint density at radius 1 is 1.43 bits per heavy atom. The third-order valence-electron chi connectivity index (χ3n) is 4.31. The van der Waals surface area contributed by atoms with Crippen molar-refractivity contribution in [2.24, 2.45) is 5.73 Å². The summed E-state index contributed by atoms with van der Waals surface area (Å²) in [4.78, 5) is 2.37. The molecule has 0 spiro atoms. The van der Waals surface area contributed by atoms with E-state index in [4.69, 9.17) is 10.5 Å². The van der Waals surface area contributed by atoms with E-state index in [1.54, 1.807) is 0 Å². The molecular formula is C17H27BrN2O. The monoisotopic (exact) mass is 354 g/mol. The molecule has 0 aliphatic carbocycles. The second-order valence-corrected chi connectivity index (χ2v) is 6.92. The van der Waals surface area contributed by atoms with Crippen molar-refractivity contribution in [3.05, 3.63) is 34.3 Å². The Morgan fingerprint density at radius 2 is 2.24 bits per heavy atom. The van der Waals surface area contributed by atoms with E-state index in [2.05, 4.69) is 59.1 Å². The van der Waals surface area contributed by atoms with Crippen LogP contribution in [0, 0.1) is 0 Å². The van der Waals surface area contributed by atoms with Crippen LogP contribution in [0.4, 0.5) is 0 Å². The molecule has 0 amide bonds.